The van der Waals surface area contributed by atoms with Crippen molar-refractivity contribution >= 4 is 5.95 Å². The van der Waals surface area contributed by atoms with E-state index >= 15 is 0 Å². The largest absolute Gasteiger partial charge is 0.392 e. The molecule has 2 fully saturated rings. The van der Waals surface area contributed by atoms with E-state index in [4.69, 9.17) is 5.11 Å². The van der Waals surface area contributed by atoms with Gasteiger partial charge < -0.3 is 10.0 Å². The lowest BCUT2D eigenvalue weighted by Gasteiger charge is -2.34. The lowest BCUT2D eigenvalue weighted by Crippen LogP contribution is -2.47. The van der Waals surface area contributed by atoms with Crippen LogP contribution in [-0.2, 0) is 6.61 Å². The highest BCUT2D eigenvalue weighted by atomic mass is 16.3. The van der Waals surface area contributed by atoms with E-state index in [0.29, 0.717) is 0 Å². The number of nitrogens with zero attached hydrogens (tertiary/aromatic N) is 4. The van der Waals surface area contributed by atoms with Gasteiger partial charge >= 0.3 is 0 Å². The van der Waals surface area contributed by atoms with Gasteiger partial charge in [-0.15, -0.1) is 0 Å². The quantitative estimate of drug-likeness (QED) is 0.841. The van der Waals surface area contributed by atoms with Gasteiger partial charge in [-0.05, 0) is 18.8 Å². The van der Waals surface area contributed by atoms with E-state index in [2.05, 4.69) is 19.8 Å². The van der Waals surface area contributed by atoms with Crippen LogP contribution in [0, 0.1) is 5.92 Å². The minimum absolute atomic E-state index is 0.00937. The lowest BCUT2D eigenvalue weighted by molar-refractivity contribution is 0.247. The monoisotopic (exact) mass is 248 g/mol. The van der Waals surface area contributed by atoms with Gasteiger partial charge in [0.2, 0.25) is 5.95 Å². The van der Waals surface area contributed by atoms with Crippen molar-refractivity contribution in [1.82, 2.24) is 14.9 Å². The molecule has 1 aromatic heterocycles. The summed E-state index contributed by atoms with van der Waals surface area (Å²) in [5, 5.41) is 8.96. The van der Waals surface area contributed by atoms with Gasteiger partial charge in [-0.25, -0.2) is 9.97 Å². The molecule has 5 nitrogen and oxygen atoms in total. The van der Waals surface area contributed by atoms with Crippen LogP contribution in [0.15, 0.2) is 12.4 Å². The summed E-state index contributed by atoms with van der Waals surface area (Å²) in [5.41, 5.74) is 0.770. The van der Waals surface area contributed by atoms with Crippen molar-refractivity contribution < 1.29 is 5.11 Å². The number of aromatic nitrogens is 2. The van der Waals surface area contributed by atoms with Gasteiger partial charge in [0.1, 0.15) is 0 Å². The minimum Gasteiger partial charge on any atom is -0.392 e. The number of aliphatic hydroxyl groups excluding tert-OH is 1. The molecule has 1 saturated carbocycles. The summed E-state index contributed by atoms with van der Waals surface area (Å²) in [7, 11) is 0. The summed E-state index contributed by atoms with van der Waals surface area (Å²) >= 11 is 0. The molecule has 98 valence electrons. The Morgan fingerprint density at radius 1 is 1.11 bits per heavy atom. The molecule has 0 aromatic carbocycles. The maximum atomic E-state index is 8.96. The molecule has 1 aliphatic carbocycles. The Balaban J connectivity index is 1.54. The maximum absolute atomic E-state index is 8.96. The Labute approximate surface area is 107 Å². The zero-order valence-corrected chi connectivity index (χ0v) is 10.6. The van der Waals surface area contributed by atoms with Gasteiger partial charge in [-0.3, -0.25) is 4.90 Å². The highest BCUT2D eigenvalue weighted by Crippen LogP contribution is 2.30. The van der Waals surface area contributed by atoms with Crippen molar-refractivity contribution in [2.45, 2.75) is 19.4 Å². The van der Waals surface area contributed by atoms with Crippen molar-refractivity contribution in [2.75, 3.05) is 37.6 Å². The molecule has 0 bridgehead atoms. The predicted octanol–water partition coefficient (Wildman–Crippen LogP) is 0.501. The van der Waals surface area contributed by atoms with Gasteiger partial charge in [0.25, 0.3) is 0 Å². The Morgan fingerprint density at radius 2 is 1.78 bits per heavy atom. The van der Waals surface area contributed by atoms with Gasteiger partial charge in [0.15, 0.2) is 0 Å². The topological polar surface area (TPSA) is 52.5 Å². The third-order valence-electron chi connectivity index (χ3n) is 3.74. The van der Waals surface area contributed by atoms with Crippen molar-refractivity contribution in [3.63, 3.8) is 0 Å². The summed E-state index contributed by atoms with van der Waals surface area (Å²) in [6.07, 6.45) is 6.26. The second kappa shape index (κ2) is 5.20. The number of anilines is 1. The second-order valence-corrected chi connectivity index (χ2v) is 5.28. The standard InChI is InChI=1S/C13H20N4O/c18-10-12-7-14-13(15-8-12)17-5-3-16(4-6-17)9-11-1-2-11/h7-8,11,18H,1-6,9-10H2. The first-order valence-corrected chi connectivity index (χ1v) is 6.74. The number of rotatable bonds is 4. The zero-order valence-electron chi connectivity index (χ0n) is 10.6. The third-order valence-corrected chi connectivity index (χ3v) is 3.74. The molecule has 1 aliphatic heterocycles. The molecule has 1 aromatic rings. The van der Waals surface area contributed by atoms with Crippen LogP contribution < -0.4 is 4.90 Å². The summed E-state index contributed by atoms with van der Waals surface area (Å²) in [4.78, 5) is 13.4. The number of aliphatic hydroxyl groups is 1. The third kappa shape index (κ3) is 2.79. The first-order chi connectivity index (χ1) is 8.85. The second-order valence-electron chi connectivity index (χ2n) is 5.28. The molecule has 2 heterocycles. The Morgan fingerprint density at radius 3 is 2.33 bits per heavy atom. The highest BCUT2D eigenvalue weighted by Gasteiger charge is 2.26. The molecule has 0 spiro atoms. The van der Waals surface area contributed by atoms with Gasteiger partial charge in [-0.2, -0.15) is 0 Å². The molecule has 5 heteroatoms. The molecule has 2 aliphatic rings. The van der Waals surface area contributed by atoms with Crippen molar-refractivity contribution in [1.29, 1.82) is 0 Å². The van der Waals surface area contributed by atoms with E-state index in [9.17, 15) is 0 Å². The molecular weight excluding hydrogens is 228 g/mol. The van der Waals surface area contributed by atoms with Crippen LogP contribution in [0.4, 0.5) is 5.95 Å². The normalized spacial score (nSPS) is 21.3. The SMILES string of the molecule is OCc1cnc(N2CCN(CC3CC3)CC2)nc1. The zero-order chi connectivity index (χ0) is 12.4. The van der Waals surface area contributed by atoms with Gasteiger partial charge in [0, 0.05) is 50.7 Å². The van der Waals surface area contributed by atoms with Crippen LogP contribution in [0.2, 0.25) is 0 Å². The molecule has 1 N–H and O–H groups in total. The highest BCUT2D eigenvalue weighted by molar-refractivity contribution is 5.30. The lowest BCUT2D eigenvalue weighted by atomic mass is 10.3. The van der Waals surface area contributed by atoms with Crippen LogP contribution in [0.3, 0.4) is 0 Å². The molecule has 0 atom stereocenters. The molecule has 0 unspecified atom stereocenters. The number of piperazine rings is 1. The molecular formula is C13H20N4O. The van der Waals surface area contributed by atoms with E-state index in [1.165, 1.54) is 19.4 Å². The van der Waals surface area contributed by atoms with Crippen LogP contribution in [0.25, 0.3) is 0 Å². The minimum atomic E-state index is 0.00937. The summed E-state index contributed by atoms with van der Waals surface area (Å²) in [5.74, 6) is 1.76. The fourth-order valence-corrected chi connectivity index (χ4v) is 2.39. The molecule has 1 saturated heterocycles. The van der Waals surface area contributed by atoms with Crippen molar-refractivity contribution in [3.05, 3.63) is 18.0 Å². The fraction of sp³-hybridized carbons (Fsp3) is 0.692. The van der Waals surface area contributed by atoms with Gasteiger partial charge in [0.05, 0.1) is 6.61 Å². The summed E-state index contributed by atoms with van der Waals surface area (Å²) in [6.45, 7) is 5.52. The van der Waals surface area contributed by atoms with E-state index in [0.717, 1.165) is 43.6 Å². The maximum Gasteiger partial charge on any atom is 0.225 e. The fourth-order valence-electron chi connectivity index (χ4n) is 2.39. The summed E-state index contributed by atoms with van der Waals surface area (Å²) in [6, 6.07) is 0. The van der Waals surface area contributed by atoms with Crippen LogP contribution >= 0.6 is 0 Å². The molecule has 0 radical (unpaired) electrons. The van der Waals surface area contributed by atoms with Crippen LogP contribution in [0.5, 0.6) is 0 Å². The first kappa shape index (κ1) is 11.9. The average molecular weight is 248 g/mol. The first-order valence-electron chi connectivity index (χ1n) is 6.74. The summed E-state index contributed by atoms with van der Waals surface area (Å²) < 4.78 is 0. The van der Waals surface area contributed by atoms with E-state index in [-0.39, 0.29) is 6.61 Å². The average Bonchev–Trinajstić information content (AvgIpc) is 3.24. The number of hydrogen-bond acceptors (Lipinski definition) is 5. The molecule has 0 amide bonds. The molecule has 18 heavy (non-hydrogen) atoms. The van der Waals surface area contributed by atoms with Crippen molar-refractivity contribution in [2.24, 2.45) is 5.92 Å². The van der Waals surface area contributed by atoms with E-state index < -0.39 is 0 Å². The van der Waals surface area contributed by atoms with Crippen molar-refractivity contribution in [3.8, 4) is 0 Å². The smallest absolute Gasteiger partial charge is 0.225 e. The van der Waals surface area contributed by atoms with Crippen LogP contribution in [-0.4, -0.2) is 52.7 Å². The van der Waals surface area contributed by atoms with E-state index in [1.54, 1.807) is 12.4 Å². The van der Waals surface area contributed by atoms with Crippen LogP contribution in [0.1, 0.15) is 18.4 Å². The van der Waals surface area contributed by atoms with Gasteiger partial charge in [-0.1, -0.05) is 0 Å². The molecule has 3 rings (SSSR count). The number of hydrogen-bond donors (Lipinski definition) is 1. The van der Waals surface area contributed by atoms with E-state index in [1.807, 2.05) is 0 Å². The Kier molecular flexibility index (Phi) is 3.43. The Hall–Kier alpha value is -1.20. The predicted molar refractivity (Wildman–Crippen MR) is 69.3 cm³/mol. The Bertz CT molecular complexity index is 382.